The van der Waals surface area contributed by atoms with Crippen LogP contribution in [0.1, 0.15) is 44.2 Å². The van der Waals surface area contributed by atoms with Gasteiger partial charge in [0.05, 0.1) is 5.56 Å². The summed E-state index contributed by atoms with van der Waals surface area (Å²) in [6, 6.07) is 5.78. The predicted molar refractivity (Wildman–Crippen MR) is 80.4 cm³/mol. The Hall–Kier alpha value is -1.66. The van der Waals surface area contributed by atoms with Gasteiger partial charge in [-0.05, 0) is 32.8 Å². The molecule has 1 aliphatic heterocycles. The minimum Gasteiger partial charge on any atom is -0.409 e. The molecule has 2 atom stereocenters. The molecule has 0 aliphatic carbocycles. The number of hydrogen-bond acceptors (Lipinski definition) is 4. The van der Waals surface area contributed by atoms with Crippen LogP contribution in [0.3, 0.4) is 0 Å². The van der Waals surface area contributed by atoms with E-state index in [-0.39, 0.29) is 11.4 Å². The van der Waals surface area contributed by atoms with Gasteiger partial charge in [-0.1, -0.05) is 23.7 Å². The van der Waals surface area contributed by atoms with Crippen LogP contribution in [0.25, 0.3) is 0 Å². The molecule has 0 amide bonds. The molecule has 1 aliphatic rings. The lowest BCUT2D eigenvalue weighted by Gasteiger charge is -2.39. The molecule has 0 radical (unpaired) electrons. The molecular weight excluding hydrogens is 271 g/mol. The Balaban J connectivity index is 2.10. The lowest BCUT2D eigenvalue weighted by Crippen LogP contribution is -2.51. The molecular formula is C15H23FN4O. The Labute approximate surface area is 124 Å². The van der Waals surface area contributed by atoms with E-state index in [0.29, 0.717) is 24.2 Å². The molecule has 0 spiro atoms. The van der Waals surface area contributed by atoms with Crippen molar-refractivity contribution in [2.75, 3.05) is 0 Å². The van der Waals surface area contributed by atoms with Gasteiger partial charge in [0.2, 0.25) is 0 Å². The maximum absolute atomic E-state index is 14.3. The fraction of sp³-hybridized carbons (Fsp3) is 0.533. The Morgan fingerprint density at radius 2 is 2.10 bits per heavy atom. The molecule has 1 heterocycles. The van der Waals surface area contributed by atoms with E-state index in [1.54, 1.807) is 12.1 Å². The number of piperidine rings is 1. The van der Waals surface area contributed by atoms with Crippen LogP contribution in [0.15, 0.2) is 23.4 Å². The van der Waals surface area contributed by atoms with Gasteiger partial charge in [-0.15, -0.1) is 0 Å². The Kier molecular flexibility index (Phi) is 5.14. The first-order chi connectivity index (χ1) is 10.0. The molecule has 0 aromatic heterocycles. The third kappa shape index (κ3) is 3.51. The SMILES string of the molecule is CC1CCCC(C)N1NCc1cccc(/C(N)=N/O)c1F. The third-order valence-electron chi connectivity index (χ3n) is 4.11. The molecule has 4 N–H and O–H groups in total. The average molecular weight is 294 g/mol. The summed E-state index contributed by atoms with van der Waals surface area (Å²) in [6.45, 7) is 4.73. The highest BCUT2D eigenvalue weighted by Crippen LogP contribution is 2.21. The molecule has 1 saturated heterocycles. The summed E-state index contributed by atoms with van der Waals surface area (Å²) in [5.41, 5.74) is 9.41. The quantitative estimate of drug-likeness (QED) is 0.344. The molecule has 0 saturated carbocycles. The van der Waals surface area contributed by atoms with Crippen molar-refractivity contribution in [2.24, 2.45) is 10.9 Å². The van der Waals surface area contributed by atoms with Crippen molar-refractivity contribution in [3.05, 3.63) is 35.1 Å². The summed E-state index contributed by atoms with van der Waals surface area (Å²) in [5.74, 6) is -0.660. The number of amidine groups is 1. The molecule has 6 heteroatoms. The second-order valence-corrected chi connectivity index (χ2v) is 5.64. The van der Waals surface area contributed by atoms with Crippen LogP contribution in [-0.2, 0) is 6.54 Å². The number of hydrazine groups is 1. The van der Waals surface area contributed by atoms with Crippen LogP contribution in [0.2, 0.25) is 0 Å². The summed E-state index contributed by atoms with van der Waals surface area (Å²) in [4.78, 5) is 0. The van der Waals surface area contributed by atoms with Crippen LogP contribution in [0.5, 0.6) is 0 Å². The highest BCUT2D eigenvalue weighted by Gasteiger charge is 2.24. The topological polar surface area (TPSA) is 73.9 Å². The van der Waals surface area contributed by atoms with E-state index < -0.39 is 5.82 Å². The minimum atomic E-state index is -0.447. The van der Waals surface area contributed by atoms with Crippen LogP contribution in [0.4, 0.5) is 4.39 Å². The molecule has 1 aromatic rings. The van der Waals surface area contributed by atoms with Gasteiger partial charge in [0.25, 0.3) is 0 Å². The zero-order valence-electron chi connectivity index (χ0n) is 12.5. The second-order valence-electron chi connectivity index (χ2n) is 5.64. The van der Waals surface area contributed by atoms with E-state index in [9.17, 15) is 4.39 Å². The second kappa shape index (κ2) is 6.87. The van der Waals surface area contributed by atoms with Gasteiger partial charge in [0, 0.05) is 24.2 Å². The number of nitrogens with one attached hydrogen (secondary N) is 1. The average Bonchev–Trinajstić information content (AvgIpc) is 2.47. The predicted octanol–water partition coefficient (Wildman–Crippen LogP) is 2.19. The third-order valence-corrected chi connectivity index (χ3v) is 4.11. The van der Waals surface area contributed by atoms with Gasteiger partial charge in [-0.2, -0.15) is 0 Å². The first-order valence-electron chi connectivity index (χ1n) is 7.31. The standard InChI is InChI=1S/C15H23FN4O/c1-10-5-3-6-11(2)20(10)18-9-12-7-4-8-13(14(12)16)15(17)19-21/h4,7-8,10-11,18,21H,3,5-6,9H2,1-2H3,(H2,17,19). The van der Waals surface area contributed by atoms with E-state index in [1.807, 2.05) is 0 Å². The summed E-state index contributed by atoms with van der Waals surface area (Å²) in [7, 11) is 0. The number of hydrogen-bond donors (Lipinski definition) is 3. The maximum Gasteiger partial charge on any atom is 0.173 e. The van der Waals surface area contributed by atoms with Gasteiger partial charge in [0.1, 0.15) is 5.82 Å². The summed E-state index contributed by atoms with van der Waals surface area (Å²) >= 11 is 0. The van der Waals surface area contributed by atoms with Crippen LogP contribution in [0, 0.1) is 5.82 Å². The smallest absolute Gasteiger partial charge is 0.173 e. The van der Waals surface area contributed by atoms with Crippen molar-refractivity contribution in [3.63, 3.8) is 0 Å². The largest absolute Gasteiger partial charge is 0.409 e. The Morgan fingerprint density at radius 1 is 1.43 bits per heavy atom. The number of nitrogens with two attached hydrogens (primary N) is 1. The molecule has 2 rings (SSSR count). The van der Waals surface area contributed by atoms with Crippen LogP contribution in [-0.4, -0.2) is 28.1 Å². The van der Waals surface area contributed by atoms with Crippen LogP contribution < -0.4 is 11.2 Å². The normalized spacial score (nSPS) is 24.2. The van der Waals surface area contributed by atoms with E-state index in [2.05, 4.69) is 29.4 Å². The van der Waals surface area contributed by atoms with Crippen LogP contribution >= 0.6 is 0 Å². The molecule has 5 nitrogen and oxygen atoms in total. The molecule has 116 valence electrons. The number of nitrogens with zero attached hydrogens (tertiary/aromatic N) is 2. The molecule has 1 fully saturated rings. The Morgan fingerprint density at radius 3 is 2.71 bits per heavy atom. The van der Waals surface area contributed by atoms with E-state index in [1.165, 1.54) is 12.5 Å². The molecule has 2 unspecified atom stereocenters. The highest BCUT2D eigenvalue weighted by atomic mass is 19.1. The lowest BCUT2D eigenvalue weighted by atomic mass is 10.00. The van der Waals surface area contributed by atoms with Gasteiger partial charge in [-0.3, -0.25) is 5.43 Å². The van der Waals surface area contributed by atoms with Gasteiger partial charge in [-0.25, -0.2) is 9.40 Å². The fourth-order valence-electron chi connectivity index (χ4n) is 2.88. The van der Waals surface area contributed by atoms with E-state index >= 15 is 0 Å². The van der Waals surface area contributed by atoms with Crippen molar-refractivity contribution in [1.82, 2.24) is 10.4 Å². The molecule has 0 bridgehead atoms. The molecule has 21 heavy (non-hydrogen) atoms. The number of benzene rings is 1. The summed E-state index contributed by atoms with van der Waals surface area (Å²) < 4.78 is 14.3. The van der Waals surface area contributed by atoms with Crippen molar-refractivity contribution in [1.29, 1.82) is 0 Å². The highest BCUT2D eigenvalue weighted by molar-refractivity contribution is 5.97. The first-order valence-corrected chi connectivity index (χ1v) is 7.31. The minimum absolute atomic E-state index is 0.122. The van der Waals surface area contributed by atoms with Crippen molar-refractivity contribution >= 4 is 5.84 Å². The maximum atomic E-state index is 14.3. The zero-order valence-corrected chi connectivity index (χ0v) is 12.5. The van der Waals surface area contributed by atoms with Crippen molar-refractivity contribution in [2.45, 2.75) is 51.7 Å². The van der Waals surface area contributed by atoms with E-state index in [4.69, 9.17) is 10.9 Å². The summed E-state index contributed by atoms with van der Waals surface area (Å²) in [5, 5.41) is 13.7. The number of rotatable bonds is 4. The van der Waals surface area contributed by atoms with Crippen molar-refractivity contribution < 1.29 is 9.60 Å². The molecule has 1 aromatic carbocycles. The Bertz CT molecular complexity index is 510. The monoisotopic (exact) mass is 294 g/mol. The van der Waals surface area contributed by atoms with Gasteiger partial charge < -0.3 is 10.9 Å². The number of oxime groups is 1. The van der Waals surface area contributed by atoms with Gasteiger partial charge >= 0.3 is 0 Å². The fourth-order valence-corrected chi connectivity index (χ4v) is 2.88. The first kappa shape index (κ1) is 15.7. The van der Waals surface area contributed by atoms with Gasteiger partial charge in [0.15, 0.2) is 5.84 Å². The summed E-state index contributed by atoms with van der Waals surface area (Å²) in [6.07, 6.45) is 3.52. The number of halogens is 1. The van der Waals surface area contributed by atoms with Crippen molar-refractivity contribution in [3.8, 4) is 0 Å². The van der Waals surface area contributed by atoms with E-state index in [0.717, 1.165) is 12.8 Å². The zero-order chi connectivity index (χ0) is 15.4. The lowest BCUT2D eigenvalue weighted by molar-refractivity contribution is 0.0432.